The van der Waals surface area contributed by atoms with Gasteiger partial charge in [0.15, 0.2) is 11.5 Å². The average Bonchev–Trinajstić information content (AvgIpc) is 2.73. The lowest BCUT2D eigenvalue weighted by Gasteiger charge is -2.21. The van der Waals surface area contributed by atoms with Gasteiger partial charge in [-0.2, -0.15) is 9.57 Å². The molecule has 0 aliphatic carbocycles. The van der Waals surface area contributed by atoms with Crippen molar-refractivity contribution in [3.8, 4) is 17.6 Å². The zero-order valence-electron chi connectivity index (χ0n) is 15.8. The van der Waals surface area contributed by atoms with Gasteiger partial charge >= 0.3 is 0 Å². The highest BCUT2D eigenvalue weighted by atomic mass is 32.2. The van der Waals surface area contributed by atoms with Crippen LogP contribution in [-0.2, 0) is 14.8 Å². The van der Waals surface area contributed by atoms with E-state index in [0.29, 0.717) is 36.0 Å². The first-order chi connectivity index (χ1) is 13.8. The van der Waals surface area contributed by atoms with Crippen molar-refractivity contribution >= 4 is 33.4 Å². The molecule has 0 fully saturated rings. The van der Waals surface area contributed by atoms with Gasteiger partial charge in [0.25, 0.3) is 0 Å². The highest BCUT2D eigenvalue weighted by molar-refractivity contribution is 7.98. The van der Waals surface area contributed by atoms with Gasteiger partial charge < -0.3 is 14.8 Å². The molecule has 0 spiro atoms. The number of carbonyl (C=O) groups excluding carboxylic acids is 1. The Labute approximate surface area is 173 Å². The number of ether oxygens (including phenoxy) is 2. The molecule has 0 saturated carbocycles. The Morgan fingerprint density at radius 3 is 2.41 bits per heavy atom. The molecular weight excluding hydrogens is 414 g/mol. The number of sulfonamides is 1. The van der Waals surface area contributed by atoms with Gasteiger partial charge in [0.05, 0.1) is 28.8 Å². The van der Waals surface area contributed by atoms with Gasteiger partial charge in [-0.1, -0.05) is 0 Å². The Morgan fingerprint density at radius 1 is 1.21 bits per heavy atom. The summed E-state index contributed by atoms with van der Waals surface area (Å²) in [4.78, 5) is 13.3. The van der Waals surface area contributed by atoms with Gasteiger partial charge in [-0.3, -0.25) is 4.79 Å². The number of benzene rings is 2. The number of rotatable bonds is 6. The lowest BCUT2D eigenvalue weighted by Crippen LogP contribution is -2.35. The highest BCUT2D eigenvalue weighted by Crippen LogP contribution is 2.39. The summed E-state index contributed by atoms with van der Waals surface area (Å²) in [5.74, 6) is 0.652. The van der Waals surface area contributed by atoms with Crippen LogP contribution in [0.15, 0.2) is 46.2 Å². The number of hydrogen-bond acceptors (Lipinski definition) is 7. The highest BCUT2D eigenvalue weighted by Gasteiger charge is 2.24. The van der Waals surface area contributed by atoms with Crippen LogP contribution in [0.25, 0.3) is 0 Å². The molecule has 0 atom stereocenters. The summed E-state index contributed by atoms with van der Waals surface area (Å²) >= 11 is 1.43. The maximum Gasteiger partial charge on any atom is 0.243 e. The van der Waals surface area contributed by atoms with Crippen LogP contribution in [0.3, 0.4) is 0 Å². The Bertz CT molecular complexity index is 1060. The van der Waals surface area contributed by atoms with Crippen molar-refractivity contribution in [2.24, 2.45) is 0 Å². The number of nitrogens with zero attached hydrogens (tertiary/aromatic N) is 2. The van der Waals surface area contributed by atoms with E-state index in [4.69, 9.17) is 14.7 Å². The number of hydrogen-bond donors (Lipinski definition) is 1. The summed E-state index contributed by atoms with van der Waals surface area (Å²) in [7, 11) is -2.54. The van der Waals surface area contributed by atoms with Crippen LogP contribution in [0.1, 0.15) is 5.56 Å². The molecule has 0 saturated heterocycles. The molecule has 1 aliphatic heterocycles. The van der Waals surface area contributed by atoms with Gasteiger partial charge in [0.1, 0.15) is 13.2 Å². The van der Waals surface area contributed by atoms with Gasteiger partial charge in [-0.05, 0) is 36.6 Å². The number of nitrogens with one attached hydrogen (secondary N) is 1. The molecule has 2 aromatic rings. The molecule has 0 bridgehead atoms. The smallest absolute Gasteiger partial charge is 0.243 e. The molecule has 1 amide bonds. The van der Waals surface area contributed by atoms with E-state index in [0.717, 1.165) is 9.20 Å². The van der Waals surface area contributed by atoms with Crippen molar-refractivity contribution in [2.75, 3.05) is 38.4 Å². The maximum atomic E-state index is 12.7. The van der Waals surface area contributed by atoms with Crippen LogP contribution < -0.4 is 14.8 Å². The first-order valence-corrected chi connectivity index (χ1v) is 11.3. The van der Waals surface area contributed by atoms with Crippen molar-refractivity contribution in [1.82, 2.24) is 4.31 Å². The molecule has 3 rings (SSSR count). The second-order valence-corrected chi connectivity index (χ2v) is 9.03. The first kappa shape index (κ1) is 21.0. The minimum absolute atomic E-state index is 0.0101. The second kappa shape index (κ2) is 8.73. The Morgan fingerprint density at radius 2 is 1.83 bits per heavy atom. The summed E-state index contributed by atoms with van der Waals surface area (Å²) in [6.45, 7) is 0.514. The zero-order chi connectivity index (χ0) is 21.0. The number of amides is 1. The number of thioether (sulfide) groups is 1. The van der Waals surface area contributed by atoms with Crippen molar-refractivity contribution in [3.05, 3.63) is 42.0 Å². The van der Waals surface area contributed by atoms with E-state index >= 15 is 0 Å². The van der Waals surface area contributed by atoms with Crippen molar-refractivity contribution in [2.45, 2.75) is 9.79 Å². The van der Waals surface area contributed by atoms with Gasteiger partial charge in [0.2, 0.25) is 15.9 Å². The number of anilines is 1. The van der Waals surface area contributed by atoms with Gasteiger partial charge in [-0.25, -0.2) is 8.42 Å². The molecule has 1 aliphatic rings. The van der Waals surface area contributed by atoms with Crippen LogP contribution in [0.2, 0.25) is 0 Å². The monoisotopic (exact) mass is 433 g/mol. The molecule has 152 valence electrons. The SMILES string of the molecule is CSc1cc2c(cc1NC(=O)CN(C)S(=O)(=O)c1ccc(C#N)cc1)OCCO2. The van der Waals surface area contributed by atoms with Crippen molar-refractivity contribution in [1.29, 1.82) is 5.26 Å². The Hall–Kier alpha value is -2.74. The minimum Gasteiger partial charge on any atom is -0.486 e. The number of fused-ring (bicyclic) bond motifs is 1. The van der Waals surface area contributed by atoms with E-state index in [1.807, 2.05) is 12.3 Å². The van der Waals surface area contributed by atoms with E-state index in [1.54, 1.807) is 12.1 Å². The van der Waals surface area contributed by atoms with Crippen LogP contribution in [0, 0.1) is 11.3 Å². The summed E-state index contributed by atoms with van der Waals surface area (Å²) < 4.78 is 37.4. The van der Waals surface area contributed by atoms with E-state index < -0.39 is 15.9 Å². The molecule has 2 aromatic carbocycles. The molecular formula is C19H19N3O5S2. The molecule has 0 aromatic heterocycles. The average molecular weight is 434 g/mol. The van der Waals surface area contributed by atoms with Crippen molar-refractivity contribution in [3.63, 3.8) is 0 Å². The van der Waals surface area contributed by atoms with E-state index in [1.165, 1.54) is 43.1 Å². The van der Waals surface area contributed by atoms with Crippen molar-refractivity contribution < 1.29 is 22.7 Å². The third kappa shape index (κ3) is 4.64. The third-order valence-corrected chi connectivity index (χ3v) is 6.79. The lowest BCUT2D eigenvalue weighted by atomic mass is 10.2. The molecule has 1 heterocycles. The van der Waals surface area contributed by atoms with Crippen LogP contribution in [0.5, 0.6) is 11.5 Å². The number of likely N-dealkylation sites (N-methyl/N-ethyl adjacent to an activating group) is 1. The van der Waals surface area contributed by atoms with E-state index in [2.05, 4.69) is 5.32 Å². The summed E-state index contributed by atoms with van der Waals surface area (Å²) in [6.07, 6.45) is 1.86. The van der Waals surface area contributed by atoms with E-state index in [9.17, 15) is 13.2 Å². The Kier molecular flexibility index (Phi) is 6.32. The fourth-order valence-electron chi connectivity index (χ4n) is 2.70. The van der Waals surface area contributed by atoms with E-state index in [-0.39, 0.29) is 11.4 Å². The quantitative estimate of drug-likeness (QED) is 0.696. The number of nitriles is 1. The fourth-order valence-corrected chi connectivity index (χ4v) is 4.38. The summed E-state index contributed by atoms with van der Waals surface area (Å²) in [5.41, 5.74) is 0.878. The lowest BCUT2D eigenvalue weighted by molar-refractivity contribution is -0.116. The molecule has 10 heteroatoms. The summed E-state index contributed by atoms with van der Waals surface area (Å²) in [5, 5.41) is 11.6. The van der Waals surface area contributed by atoms with Gasteiger partial charge in [0, 0.05) is 18.0 Å². The minimum atomic E-state index is -3.87. The molecule has 0 unspecified atom stereocenters. The van der Waals surface area contributed by atoms with Gasteiger partial charge in [-0.15, -0.1) is 11.8 Å². The largest absolute Gasteiger partial charge is 0.486 e. The second-order valence-electron chi connectivity index (χ2n) is 6.14. The normalized spacial score (nSPS) is 13.0. The Balaban J connectivity index is 1.73. The van der Waals surface area contributed by atoms with Crippen LogP contribution in [0.4, 0.5) is 5.69 Å². The molecule has 8 nitrogen and oxygen atoms in total. The fraction of sp³-hybridized carbons (Fsp3) is 0.263. The molecule has 0 radical (unpaired) electrons. The topological polar surface area (TPSA) is 109 Å². The first-order valence-electron chi connectivity index (χ1n) is 8.59. The maximum absolute atomic E-state index is 12.7. The number of carbonyl (C=O) groups is 1. The predicted octanol–water partition coefficient (Wildman–Crippen LogP) is 2.31. The van der Waals surface area contributed by atoms with Crippen LogP contribution in [-0.4, -0.2) is 51.7 Å². The predicted molar refractivity (Wildman–Crippen MR) is 109 cm³/mol. The third-order valence-electron chi connectivity index (χ3n) is 4.20. The standard InChI is InChI=1S/C19H19N3O5S2/c1-22(29(24,25)14-5-3-13(11-20)4-6-14)12-19(23)21-15-9-16-17(10-18(15)28-2)27-8-7-26-16/h3-6,9-10H,7-8,12H2,1-2H3,(H,21,23). The summed E-state index contributed by atoms with van der Waals surface area (Å²) in [6, 6.07) is 10.9. The molecule has 1 N–H and O–H groups in total. The zero-order valence-corrected chi connectivity index (χ0v) is 17.5. The molecule has 29 heavy (non-hydrogen) atoms. The van der Waals surface area contributed by atoms with Crippen LogP contribution >= 0.6 is 11.8 Å².